The summed E-state index contributed by atoms with van der Waals surface area (Å²) in [6.07, 6.45) is 1.66. The molecule has 1 heterocycles. The molecular formula is C22H18ClN3OS. The van der Waals surface area contributed by atoms with Crippen molar-refractivity contribution in [2.75, 3.05) is 0 Å². The molecule has 3 aromatic rings. The Kier molecular flexibility index (Phi) is 5.46. The molecule has 1 saturated heterocycles. The van der Waals surface area contributed by atoms with Gasteiger partial charge in [0.2, 0.25) is 5.91 Å². The van der Waals surface area contributed by atoms with E-state index in [0.29, 0.717) is 16.7 Å². The number of rotatable bonds is 4. The van der Waals surface area contributed by atoms with E-state index in [0.717, 1.165) is 21.9 Å². The monoisotopic (exact) mass is 407 g/mol. The van der Waals surface area contributed by atoms with Crippen LogP contribution in [0.15, 0.2) is 76.9 Å². The zero-order chi connectivity index (χ0) is 19.5. The van der Waals surface area contributed by atoms with Gasteiger partial charge >= 0.3 is 0 Å². The number of benzene rings is 3. The Labute approximate surface area is 172 Å². The van der Waals surface area contributed by atoms with Gasteiger partial charge in [0.25, 0.3) is 0 Å². The van der Waals surface area contributed by atoms with Crippen LogP contribution in [0.4, 0.5) is 0 Å². The topological polar surface area (TPSA) is 45.0 Å². The Morgan fingerprint density at radius 2 is 1.82 bits per heavy atom. The van der Waals surface area contributed by atoms with E-state index in [4.69, 9.17) is 11.6 Å². The zero-order valence-corrected chi connectivity index (χ0v) is 16.8. The average Bonchev–Trinajstić information content (AvgIpc) is 2.97. The Bertz CT molecular complexity index is 1070. The molecule has 140 valence electrons. The molecule has 0 aliphatic carbocycles. The molecular weight excluding hydrogens is 390 g/mol. The molecule has 1 fully saturated rings. The molecule has 0 bridgehead atoms. The number of fused-ring (bicyclic) bond motifs is 1. The number of nitrogens with zero attached hydrogens (tertiary/aromatic N) is 3. The Morgan fingerprint density at radius 3 is 2.64 bits per heavy atom. The average molecular weight is 408 g/mol. The Hall–Kier alpha value is -2.63. The highest BCUT2D eigenvalue weighted by Crippen LogP contribution is 2.30. The lowest BCUT2D eigenvalue weighted by Crippen LogP contribution is -2.30. The van der Waals surface area contributed by atoms with Crippen LogP contribution in [-0.2, 0) is 11.3 Å². The van der Waals surface area contributed by atoms with Crippen molar-refractivity contribution in [1.82, 2.24) is 4.90 Å². The molecule has 0 saturated carbocycles. The summed E-state index contributed by atoms with van der Waals surface area (Å²) in [7, 11) is 0. The minimum absolute atomic E-state index is 0.0541. The third-order valence-corrected chi connectivity index (χ3v) is 5.88. The fraction of sp³-hybridized carbons (Fsp3) is 0.136. The van der Waals surface area contributed by atoms with E-state index in [1.807, 2.05) is 37.3 Å². The number of hydrogen-bond acceptors (Lipinski definition) is 4. The second-order valence-electron chi connectivity index (χ2n) is 6.50. The van der Waals surface area contributed by atoms with Gasteiger partial charge in [-0.1, -0.05) is 78.0 Å². The number of carbonyl (C=O) groups is 1. The molecule has 4 rings (SSSR count). The SMILES string of the molecule is C[C@H]1S/C(=N\N=C/c2ccc(Cl)cc2)N(Cc2cccc3ccccc23)C1=O. The molecule has 0 N–H and O–H groups in total. The van der Waals surface area contributed by atoms with Crippen LogP contribution in [0.2, 0.25) is 5.02 Å². The van der Waals surface area contributed by atoms with Crippen molar-refractivity contribution in [3.8, 4) is 0 Å². The fourth-order valence-corrected chi connectivity index (χ4v) is 4.15. The van der Waals surface area contributed by atoms with Gasteiger partial charge in [0.1, 0.15) is 0 Å². The summed E-state index contributed by atoms with van der Waals surface area (Å²) in [6.45, 7) is 2.38. The third-order valence-electron chi connectivity index (χ3n) is 4.56. The van der Waals surface area contributed by atoms with Gasteiger partial charge in [-0.2, -0.15) is 5.10 Å². The summed E-state index contributed by atoms with van der Waals surface area (Å²) in [5.74, 6) is 0.0541. The van der Waals surface area contributed by atoms with Gasteiger partial charge in [-0.05, 0) is 41.0 Å². The predicted molar refractivity (Wildman–Crippen MR) is 118 cm³/mol. The van der Waals surface area contributed by atoms with Crippen LogP contribution >= 0.6 is 23.4 Å². The van der Waals surface area contributed by atoms with Gasteiger partial charge in [-0.3, -0.25) is 9.69 Å². The van der Waals surface area contributed by atoms with Crippen molar-refractivity contribution in [2.45, 2.75) is 18.7 Å². The van der Waals surface area contributed by atoms with Crippen LogP contribution in [-0.4, -0.2) is 27.4 Å². The fourth-order valence-electron chi connectivity index (χ4n) is 3.10. The Balaban J connectivity index is 1.60. The molecule has 0 radical (unpaired) electrons. The highest BCUT2D eigenvalue weighted by Gasteiger charge is 2.35. The summed E-state index contributed by atoms with van der Waals surface area (Å²) in [5.41, 5.74) is 1.99. The number of halogens is 1. The first-order valence-corrected chi connectivity index (χ1v) is 10.2. The van der Waals surface area contributed by atoms with Crippen molar-refractivity contribution in [3.63, 3.8) is 0 Å². The summed E-state index contributed by atoms with van der Waals surface area (Å²) in [4.78, 5) is 14.4. The van der Waals surface area contributed by atoms with Gasteiger partial charge < -0.3 is 0 Å². The molecule has 0 aromatic heterocycles. The van der Waals surface area contributed by atoms with E-state index in [-0.39, 0.29) is 11.2 Å². The van der Waals surface area contributed by atoms with Crippen LogP contribution < -0.4 is 0 Å². The quantitative estimate of drug-likeness (QED) is 0.432. The Morgan fingerprint density at radius 1 is 1.07 bits per heavy atom. The van der Waals surface area contributed by atoms with Gasteiger partial charge in [-0.15, -0.1) is 5.10 Å². The van der Waals surface area contributed by atoms with Crippen molar-refractivity contribution >= 4 is 51.4 Å². The van der Waals surface area contributed by atoms with Crippen LogP contribution in [0, 0.1) is 0 Å². The number of carbonyl (C=O) groups excluding carboxylic acids is 1. The van der Waals surface area contributed by atoms with Crippen LogP contribution in [0.3, 0.4) is 0 Å². The van der Waals surface area contributed by atoms with E-state index >= 15 is 0 Å². The number of amidine groups is 1. The van der Waals surface area contributed by atoms with Crippen molar-refractivity contribution < 1.29 is 4.79 Å². The maximum absolute atomic E-state index is 12.7. The lowest BCUT2D eigenvalue weighted by molar-refractivity contribution is -0.126. The molecule has 4 nitrogen and oxygen atoms in total. The van der Waals surface area contributed by atoms with Crippen molar-refractivity contribution in [3.05, 3.63) is 82.9 Å². The normalized spacial score (nSPS) is 18.6. The number of thioether (sulfide) groups is 1. The lowest BCUT2D eigenvalue weighted by atomic mass is 10.0. The van der Waals surface area contributed by atoms with Crippen LogP contribution in [0.1, 0.15) is 18.1 Å². The molecule has 1 amide bonds. The maximum Gasteiger partial charge on any atom is 0.242 e. The molecule has 0 spiro atoms. The smallest absolute Gasteiger partial charge is 0.242 e. The van der Waals surface area contributed by atoms with E-state index in [1.54, 1.807) is 23.2 Å². The van der Waals surface area contributed by atoms with E-state index in [1.165, 1.54) is 11.8 Å². The summed E-state index contributed by atoms with van der Waals surface area (Å²) >= 11 is 7.33. The van der Waals surface area contributed by atoms with Gasteiger partial charge in [-0.25, -0.2) is 0 Å². The largest absolute Gasteiger partial charge is 0.284 e. The zero-order valence-electron chi connectivity index (χ0n) is 15.2. The highest BCUT2D eigenvalue weighted by molar-refractivity contribution is 8.15. The van der Waals surface area contributed by atoms with Gasteiger partial charge in [0.15, 0.2) is 5.17 Å². The number of amides is 1. The first kappa shape index (κ1) is 18.7. The summed E-state index contributed by atoms with van der Waals surface area (Å²) < 4.78 is 0. The van der Waals surface area contributed by atoms with Crippen molar-refractivity contribution in [1.29, 1.82) is 0 Å². The number of hydrogen-bond donors (Lipinski definition) is 0. The van der Waals surface area contributed by atoms with Crippen LogP contribution in [0.5, 0.6) is 0 Å². The highest BCUT2D eigenvalue weighted by atomic mass is 35.5. The molecule has 1 aliphatic rings. The molecule has 0 unspecified atom stereocenters. The predicted octanol–water partition coefficient (Wildman–Crippen LogP) is 5.35. The lowest BCUT2D eigenvalue weighted by Gasteiger charge is -2.17. The molecule has 1 aliphatic heterocycles. The van der Waals surface area contributed by atoms with E-state index in [9.17, 15) is 4.79 Å². The second-order valence-corrected chi connectivity index (χ2v) is 8.25. The minimum Gasteiger partial charge on any atom is -0.284 e. The molecule has 3 aromatic carbocycles. The van der Waals surface area contributed by atoms with E-state index < -0.39 is 0 Å². The molecule has 28 heavy (non-hydrogen) atoms. The summed E-state index contributed by atoms with van der Waals surface area (Å²) in [6, 6.07) is 21.7. The standard InChI is InChI=1S/C22H18ClN3OS/c1-15-21(27)26(14-18-7-4-6-17-5-2-3-8-20(17)18)22(28-15)25-24-13-16-9-11-19(23)12-10-16/h2-13,15H,14H2,1H3/b24-13-,25-22-/t15-/m1/s1. The van der Waals surface area contributed by atoms with Crippen molar-refractivity contribution in [2.24, 2.45) is 10.2 Å². The molecule has 6 heteroatoms. The first-order chi connectivity index (χ1) is 13.6. The van der Waals surface area contributed by atoms with Crippen LogP contribution in [0.25, 0.3) is 10.8 Å². The second kappa shape index (κ2) is 8.17. The third kappa shape index (κ3) is 3.96. The van der Waals surface area contributed by atoms with E-state index in [2.05, 4.69) is 34.5 Å². The first-order valence-electron chi connectivity index (χ1n) is 8.93. The molecule has 1 atom stereocenters. The maximum atomic E-state index is 12.7. The van der Waals surface area contributed by atoms with Gasteiger partial charge in [0.05, 0.1) is 18.0 Å². The summed E-state index contributed by atoms with van der Waals surface area (Å²) in [5, 5.41) is 11.9. The minimum atomic E-state index is -0.167. The van der Waals surface area contributed by atoms with Gasteiger partial charge in [0, 0.05) is 5.02 Å².